The van der Waals surface area contributed by atoms with Crippen LogP contribution in [0.5, 0.6) is 11.5 Å². The van der Waals surface area contributed by atoms with Gasteiger partial charge < -0.3 is 0 Å². The van der Waals surface area contributed by atoms with Crippen LogP contribution in [-0.2, 0) is 0 Å². The van der Waals surface area contributed by atoms with Crippen LogP contribution in [0.2, 0.25) is 0 Å². The van der Waals surface area contributed by atoms with Crippen molar-refractivity contribution in [1.82, 2.24) is 0 Å². The molecule has 0 atom stereocenters. The van der Waals surface area contributed by atoms with Gasteiger partial charge in [0.15, 0.2) is 11.5 Å². The second-order valence-electron chi connectivity index (χ2n) is 5.42. The van der Waals surface area contributed by atoms with E-state index in [1.165, 1.54) is 11.1 Å². The smallest absolute Gasteiger partial charge is 0.298 e. The van der Waals surface area contributed by atoms with E-state index >= 15 is 0 Å². The lowest BCUT2D eigenvalue weighted by atomic mass is 10.2. The molecule has 112 valence electrons. The standard InChI is InChI=1S/C17H21BrO2P/c1-13(2)21(18,19-16-9-5-14(3)6-10-16)20-17-11-7-15(4)8-12-17/h5-13H,1-4H3/q+1. The Morgan fingerprint density at radius 1 is 0.762 bits per heavy atom. The molecule has 0 fully saturated rings. The quantitative estimate of drug-likeness (QED) is 0.575. The topological polar surface area (TPSA) is 18.5 Å². The third-order valence-electron chi connectivity index (χ3n) is 3.12. The Morgan fingerprint density at radius 3 is 1.38 bits per heavy atom. The van der Waals surface area contributed by atoms with E-state index in [9.17, 15) is 0 Å². The normalized spacial score (nSPS) is 11.5. The fourth-order valence-electron chi connectivity index (χ4n) is 1.72. The van der Waals surface area contributed by atoms with Gasteiger partial charge in [-0.25, -0.2) is 0 Å². The summed E-state index contributed by atoms with van der Waals surface area (Å²) in [6, 6.07) is 16.1. The first-order valence-corrected chi connectivity index (χ1v) is 10.7. The maximum atomic E-state index is 6.16. The van der Waals surface area contributed by atoms with Gasteiger partial charge in [-0.1, -0.05) is 35.4 Å². The lowest BCUT2D eigenvalue weighted by Gasteiger charge is -2.21. The fourth-order valence-corrected chi connectivity index (χ4v) is 4.00. The van der Waals surface area contributed by atoms with Crippen LogP contribution in [0.25, 0.3) is 0 Å². The van der Waals surface area contributed by atoms with Crippen molar-refractivity contribution in [3.63, 3.8) is 0 Å². The molecule has 21 heavy (non-hydrogen) atoms. The van der Waals surface area contributed by atoms with Crippen LogP contribution in [0.4, 0.5) is 0 Å². The molecule has 2 aromatic carbocycles. The van der Waals surface area contributed by atoms with Crippen molar-refractivity contribution < 1.29 is 9.05 Å². The molecule has 0 heterocycles. The largest absolute Gasteiger partial charge is 0.432 e. The summed E-state index contributed by atoms with van der Waals surface area (Å²) in [5.74, 6) is 1.65. The molecule has 0 saturated heterocycles. The Bertz CT molecular complexity index is 531. The molecular weight excluding hydrogens is 347 g/mol. The molecule has 4 heteroatoms. The molecule has 0 N–H and O–H groups in total. The van der Waals surface area contributed by atoms with Gasteiger partial charge in [-0.2, -0.15) is 0 Å². The summed E-state index contributed by atoms with van der Waals surface area (Å²) in [6.45, 7) is 8.33. The van der Waals surface area contributed by atoms with E-state index in [4.69, 9.17) is 9.05 Å². The van der Waals surface area contributed by atoms with Crippen LogP contribution in [0.3, 0.4) is 0 Å². The predicted molar refractivity (Wildman–Crippen MR) is 94.6 cm³/mol. The molecule has 0 amide bonds. The number of aryl methyl sites for hydroxylation is 2. The van der Waals surface area contributed by atoms with E-state index in [2.05, 4.69) is 43.2 Å². The highest BCUT2D eigenvalue weighted by atomic mass is 79.9. The summed E-state index contributed by atoms with van der Waals surface area (Å²) in [6.07, 6.45) is -2.20. The number of halogens is 1. The summed E-state index contributed by atoms with van der Waals surface area (Å²) >= 11 is 3.73. The zero-order valence-corrected chi connectivity index (χ0v) is 15.3. The minimum atomic E-state index is -2.20. The summed E-state index contributed by atoms with van der Waals surface area (Å²) in [5, 5.41) is 0. The average molecular weight is 368 g/mol. The molecule has 0 aliphatic heterocycles. The lowest BCUT2D eigenvalue weighted by molar-refractivity contribution is 0.473. The Balaban J connectivity index is 2.19. The molecule has 0 spiro atoms. The van der Waals surface area contributed by atoms with Crippen LogP contribution in [0, 0.1) is 13.8 Å². The number of rotatable bonds is 5. The molecule has 0 bridgehead atoms. The van der Waals surface area contributed by atoms with Crippen molar-refractivity contribution in [3.05, 3.63) is 59.7 Å². The molecule has 0 saturated carbocycles. The third-order valence-corrected chi connectivity index (χ3v) is 8.60. The first-order valence-electron chi connectivity index (χ1n) is 7.00. The van der Waals surface area contributed by atoms with Gasteiger partial charge in [-0.15, -0.1) is 0 Å². The first kappa shape index (κ1) is 16.3. The van der Waals surface area contributed by atoms with Crippen LogP contribution in [0.1, 0.15) is 25.0 Å². The van der Waals surface area contributed by atoms with Gasteiger partial charge in [0.25, 0.3) is 0 Å². The molecule has 0 radical (unpaired) electrons. The van der Waals surface area contributed by atoms with Gasteiger partial charge in [-0.3, -0.25) is 9.05 Å². The Hall–Kier alpha value is -1.05. The SMILES string of the molecule is Cc1ccc(O[P+](Br)(Oc2ccc(C)cc2)C(C)C)cc1. The van der Waals surface area contributed by atoms with Crippen molar-refractivity contribution >= 4 is 21.9 Å². The Morgan fingerprint density at radius 2 is 1.10 bits per heavy atom. The van der Waals surface area contributed by atoms with Gasteiger partial charge in [0, 0.05) is 0 Å². The first-order chi connectivity index (χ1) is 9.89. The van der Waals surface area contributed by atoms with Gasteiger partial charge in [0.2, 0.25) is 15.5 Å². The zero-order chi connectivity index (χ0) is 15.5. The monoisotopic (exact) mass is 367 g/mol. The van der Waals surface area contributed by atoms with Crippen molar-refractivity contribution in [2.75, 3.05) is 0 Å². The lowest BCUT2D eigenvalue weighted by Crippen LogP contribution is -2.12. The minimum absolute atomic E-state index is 0.236. The molecule has 0 aliphatic rings. The highest BCUT2D eigenvalue weighted by molar-refractivity contribution is 9.41. The van der Waals surface area contributed by atoms with Crippen LogP contribution in [-0.4, -0.2) is 5.66 Å². The Kier molecular flexibility index (Phi) is 5.29. The third kappa shape index (κ3) is 4.46. The molecule has 2 rings (SSSR count). The second kappa shape index (κ2) is 6.81. The van der Waals surface area contributed by atoms with Crippen molar-refractivity contribution in [2.24, 2.45) is 0 Å². The summed E-state index contributed by atoms with van der Waals surface area (Å²) in [5.41, 5.74) is 2.66. The number of hydrogen-bond acceptors (Lipinski definition) is 2. The summed E-state index contributed by atoms with van der Waals surface area (Å²) < 4.78 is 12.3. The van der Waals surface area contributed by atoms with Crippen LogP contribution >= 0.6 is 21.9 Å². The highest BCUT2D eigenvalue weighted by Crippen LogP contribution is 2.70. The molecule has 0 unspecified atom stereocenters. The second-order valence-corrected chi connectivity index (χ2v) is 10.8. The van der Waals surface area contributed by atoms with Gasteiger partial charge >= 0.3 is 6.42 Å². The Labute approximate surface area is 135 Å². The van der Waals surface area contributed by atoms with Crippen LogP contribution < -0.4 is 9.05 Å². The van der Waals surface area contributed by atoms with E-state index in [0.29, 0.717) is 0 Å². The van der Waals surface area contributed by atoms with Gasteiger partial charge in [0.05, 0.1) is 0 Å². The van der Waals surface area contributed by atoms with E-state index in [-0.39, 0.29) is 5.66 Å². The predicted octanol–water partition coefficient (Wildman–Crippen LogP) is 6.33. The maximum absolute atomic E-state index is 6.16. The summed E-state index contributed by atoms with van der Waals surface area (Å²) in [4.78, 5) is 0. The van der Waals surface area contributed by atoms with E-state index in [0.717, 1.165) is 11.5 Å². The molecule has 0 aliphatic carbocycles. The van der Waals surface area contributed by atoms with Gasteiger partial charge in [0.1, 0.15) is 5.66 Å². The van der Waals surface area contributed by atoms with E-state index < -0.39 is 6.42 Å². The van der Waals surface area contributed by atoms with Crippen molar-refractivity contribution in [1.29, 1.82) is 0 Å². The average Bonchev–Trinajstić information content (AvgIpc) is 2.44. The molecule has 2 nitrogen and oxygen atoms in total. The number of hydrogen-bond donors (Lipinski definition) is 0. The van der Waals surface area contributed by atoms with Gasteiger partial charge in [-0.05, 0) is 52.0 Å². The highest BCUT2D eigenvalue weighted by Gasteiger charge is 2.47. The zero-order valence-electron chi connectivity index (χ0n) is 12.8. The van der Waals surface area contributed by atoms with E-state index in [1.807, 2.05) is 48.5 Å². The molecular formula is C17H21BrO2P+. The van der Waals surface area contributed by atoms with E-state index in [1.54, 1.807) is 0 Å². The maximum Gasteiger partial charge on any atom is 0.432 e. The molecule has 0 aromatic heterocycles. The number of benzene rings is 2. The summed E-state index contributed by atoms with van der Waals surface area (Å²) in [7, 11) is 0. The van der Waals surface area contributed by atoms with Crippen molar-refractivity contribution in [2.45, 2.75) is 33.4 Å². The minimum Gasteiger partial charge on any atom is -0.298 e. The fraction of sp³-hybridized carbons (Fsp3) is 0.294. The van der Waals surface area contributed by atoms with Crippen LogP contribution in [0.15, 0.2) is 48.5 Å². The molecule has 2 aromatic rings. The van der Waals surface area contributed by atoms with Crippen molar-refractivity contribution in [3.8, 4) is 11.5 Å².